The summed E-state index contributed by atoms with van der Waals surface area (Å²) in [6.07, 6.45) is 8.61. The Hall–Kier alpha value is -0.120. The summed E-state index contributed by atoms with van der Waals surface area (Å²) in [5.41, 5.74) is 0. The molecule has 0 radical (unpaired) electrons. The zero-order valence-electron chi connectivity index (χ0n) is 11.3. The van der Waals surface area contributed by atoms with Crippen molar-refractivity contribution in [1.82, 2.24) is 10.2 Å². The Balaban J connectivity index is 1.65. The SMILES string of the molecule is COCCNCC1CCCN(C2CCCC2)C1. The van der Waals surface area contributed by atoms with E-state index in [1.54, 1.807) is 7.11 Å². The fraction of sp³-hybridized carbons (Fsp3) is 1.00. The van der Waals surface area contributed by atoms with Crippen LogP contribution in [-0.4, -0.2) is 50.8 Å². The number of likely N-dealkylation sites (tertiary alicyclic amines) is 1. The van der Waals surface area contributed by atoms with Gasteiger partial charge in [0.25, 0.3) is 0 Å². The van der Waals surface area contributed by atoms with Gasteiger partial charge in [-0.15, -0.1) is 0 Å². The molecule has 1 heterocycles. The van der Waals surface area contributed by atoms with Gasteiger partial charge in [-0.25, -0.2) is 0 Å². The molecule has 0 aromatic heterocycles. The van der Waals surface area contributed by atoms with Crippen molar-refractivity contribution in [3.05, 3.63) is 0 Å². The Morgan fingerprint density at radius 1 is 1.18 bits per heavy atom. The molecule has 0 aromatic carbocycles. The summed E-state index contributed by atoms with van der Waals surface area (Å²) in [7, 11) is 1.77. The van der Waals surface area contributed by atoms with E-state index in [1.165, 1.54) is 58.2 Å². The third kappa shape index (κ3) is 4.23. The van der Waals surface area contributed by atoms with Crippen LogP contribution in [0.3, 0.4) is 0 Å². The minimum Gasteiger partial charge on any atom is -0.383 e. The zero-order valence-corrected chi connectivity index (χ0v) is 11.3. The van der Waals surface area contributed by atoms with Gasteiger partial charge in [-0.05, 0) is 44.7 Å². The van der Waals surface area contributed by atoms with E-state index in [-0.39, 0.29) is 0 Å². The molecule has 1 N–H and O–H groups in total. The van der Waals surface area contributed by atoms with Crippen LogP contribution < -0.4 is 5.32 Å². The van der Waals surface area contributed by atoms with Crippen LogP contribution in [0.15, 0.2) is 0 Å². The molecule has 1 unspecified atom stereocenters. The Morgan fingerprint density at radius 3 is 2.76 bits per heavy atom. The molecule has 1 aliphatic heterocycles. The van der Waals surface area contributed by atoms with Crippen molar-refractivity contribution in [1.29, 1.82) is 0 Å². The molecule has 0 amide bonds. The molecule has 1 saturated heterocycles. The second-order valence-electron chi connectivity index (χ2n) is 5.64. The smallest absolute Gasteiger partial charge is 0.0587 e. The van der Waals surface area contributed by atoms with Gasteiger partial charge >= 0.3 is 0 Å². The summed E-state index contributed by atoms with van der Waals surface area (Å²) in [6, 6.07) is 0.914. The highest BCUT2D eigenvalue weighted by Crippen LogP contribution is 2.27. The zero-order chi connectivity index (χ0) is 11.9. The van der Waals surface area contributed by atoms with Crippen LogP contribution in [0.5, 0.6) is 0 Å². The van der Waals surface area contributed by atoms with Crippen molar-refractivity contribution in [3.8, 4) is 0 Å². The van der Waals surface area contributed by atoms with Gasteiger partial charge in [0.05, 0.1) is 6.61 Å². The van der Waals surface area contributed by atoms with Crippen LogP contribution >= 0.6 is 0 Å². The number of piperidine rings is 1. The molecular weight excluding hydrogens is 212 g/mol. The van der Waals surface area contributed by atoms with Gasteiger partial charge in [0.2, 0.25) is 0 Å². The predicted octanol–water partition coefficient (Wildman–Crippen LogP) is 1.88. The standard InChI is InChI=1S/C14H28N2O/c1-17-10-8-15-11-13-5-4-9-16(12-13)14-6-2-3-7-14/h13-15H,2-12H2,1H3. The van der Waals surface area contributed by atoms with Crippen LogP contribution in [0, 0.1) is 5.92 Å². The van der Waals surface area contributed by atoms with E-state index in [0.29, 0.717) is 0 Å². The molecule has 2 rings (SSSR count). The number of ether oxygens (including phenoxy) is 1. The van der Waals surface area contributed by atoms with Gasteiger partial charge in [0.1, 0.15) is 0 Å². The van der Waals surface area contributed by atoms with E-state index in [4.69, 9.17) is 4.74 Å². The molecule has 1 atom stereocenters. The summed E-state index contributed by atoms with van der Waals surface area (Å²) < 4.78 is 5.06. The molecule has 3 heteroatoms. The maximum absolute atomic E-state index is 5.06. The fourth-order valence-corrected chi connectivity index (χ4v) is 3.35. The molecule has 2 fully saturated rings. The molecule has 1 saturated carbocycles. The highest BCUT2D eigenvalue weighted by molar-refractivity contribution is 4.83. The lowest BCUT2D eigenvalue weighted by Crippen LogP contribution is -2.44. The predicted molar refractivity (Wildman–Crippen MR) is 71.3 cm³/mol. The lowest BCUT2D eigenvalue weighted by molar-refractivity contribution is 0.122. The fourth-order valence-electron chi connectivity index (χ4n) is 3.35. The van der Waals surface area contributed by atoms with E-state index in [9.17, 15) is 0 Å². The van der Waals surface area contributed by atoms with Crippen molar-refractivity contribution in [2.75, 3.05) is 39.9 Å². The minimum absolute atomic E-state index is 0.832. The van der Waals surface area contributed by atoms with E-state index >= 15 is 0 Å². The van der Waals surface area contributed by atoms with Crippen molar-refractivity contribution < 1.29 is 4.74 Å². The van der Waals surface area contributed by atoms with Crippen LogP contribution in [-0.2, 0) is 4.74 Å². The van der Waals surface area contributed by atoms with Crippen LogP contribution in [0.25, 0.3) is 0 Å². The molecule has 0 bridgehead atoms. The maximum atomic E-state index is 5.06. The summed E-state index contributed by atoms with van der Waals surface area (Å²) in [6.45, 7) is 5.67. The van der Waals surface area contributed by atoms with Gasteiger partial charge < -0.3 is 15.0 Å². The first-order valence-electron chi connectivity index (χ1n) is 7.34. The first-order chi connectivity index (χ1) is 8.40. The van der Waals surface area contributed by atoms with Gasteiger partial charge in [-0.3, -0.25) is 0 Å². The van der Waals surface area contributed by atoms with Gasteiger partial charge in [0.15, 0.2) is 0 Å². The topological polar surface area (TPSA) is 24.5 Å². The first-order valence-corrected chi connectivity index (χ1v) is 7.34. The quantitative estimate of drug-likeness (QED) is 0.717. The monoisotopic (exact) mass is 240 g/mol. The number of methoxy groups -OCH3 is 1. The summed E-state index contributed by atoms with van der Waals surface area (Å²) in [4.78, 5) is 2.76. The van der Waals surface area contributed by atoms with Gasteiger partial charge in [-0.1, -0.05) is 12.8 Å². The molecule has 2 aliphatic rings. The van der Waals surface area contributed by atoms with Crippen molar-refractivity contribution in [2.45, 2.75) is 44.6 Å². The molecule has 1 aliphatic carbocycles. The molecule has 0 aromatic rings. The average Bonchev–Trinajstić information content (AvgIpc) is 2.89. The maximum Gasteiger partial charge on any atom is 0.0587 e. The molecule has 17 heavy (non-hydrogen) atoms. The summed E-state index contributed by atoms with van der Waals surface area (Å²) >= 11 is 0. The van der Waals surface area contributed by atoms with Gasteiger partial charge in [0, 0.05) is 26.2 Å². The largest absolute Gasteiger partial charge is 0.383 e. The normalized spacial score (nSPS) is 27.7. The Morgan fingerprint density at radius 2 is 2.00 bits per heavy atom. The van der Waals surface area contributed by atoms with E-state index in [2.05, 4.69) is 10.2 Å². The number of hydrogen-bond acceptors (Lipinski definition) is 3. The molecule has 3 nitrogen and oxygen atoms in total. The number of nitrogens with one attached hydrogen (secondary N) is 1. The highest BCUT2D eigenvalue weighted by atomic mass is 16.5. The third-order valence-electron chi connectivity index (χ3n) is 4.31. The van der Waals surface area contributed by atoms with Crippen molar-refractivity contribution in [2.24, 2.45) is 5.92 Å². The Labute approximate surface area is 106 Å². The Bertz CT molecular complexity index is 204. The van der Waals surface area contributed by atoms with E-state index in [0.717, 1.165) is 25.1 Å². The lowest BCUT2D eigenvalue weighted by atomic mass is 9.96. The van der Waals surface area contributed by atoms with Crippen LogP contribution in [0.1, 0.15) is 38.5 Å². The van der Waals surface area contributed by atoms with Crippen molar-refractivity contribution >= 4 is 0 Å². The van der Waals surface area contributed by atoms with Gasteiger partial charge in [-0.2, -0.15) is 0 Å². The second-order valence-corrected chi connectivity index (χ2v) is 5.64. The molecular formula is C14H28N2O. The minimum atomic E-state index is 0.832. The molecule has 100 valence electrons. The third-order valence-corrected chi connectivity index (χ3v) is 4.31. The summed E-state index contributed by atoms with van der Waals surface area (Å²) in [5.74, 6) is 0.862. The highest BCUT2D eigenvalue weighted by Gasteiger charge is 2.27. The first kappa shape index (κ1) is 13.3. The number of hydrogen-bond donors (Lipinski definition) is 1. The number of nitrogens with zero attached hydrogens (tertiary/aromatic N) is 1. The second kappa shape index (κ2) is 7.34. The molecule has 0 spiro atoms. The van der Waals surface area contributed by atoms with Crippen LogP contribution in [0.2, 0.25) is 0 Å². The van der Waals surface area contributed by atoms with E-state index in [1.807, 2.05) is 0 Å². The van der Waals surface area contributed by atoms with E-state index < -0.39 is 0 Å². The average molecular weight is 240 g/mol. The summed E-state index contributed by atoms with van der Waals surface area (Å²) in [5, 5.41) is 3.52. The van der Waals surface area contributed by atoms with Crippen molar-refractivity contribution in [3.63, 3.8) is 0 Å². The number of rotatable bonds is 6. The Kier molecular flexibility index (Phi) is 5.75. The lowest BCUT2D eigenvalue weighted by Gasteiger charge is -2.37. The van der Waals surface area contributed by atoms with Crippen LogP contribution in [0.4, 0.5) is 0 Å².